The molecule has 0 bridgehead atoms. The van der Waals surface area contributed by atoms with E-state index in [2.05, 4.69) is 5.32 Å². The van der Waals surface area contributed by atoms with Gasteiger partial charge < -0.3 is 15.5 Å². The fourth-order valence-corrected chi connectivity index (χ4v) is 1.65. The van der Waals surface area contributed by atoms with Gasteiger partial charge in [0, 0.05) is 5.38 Å². The minimum atomic E-state index is -1.41. The number of hydrogen-bond acceptors (Lipinski definition) is 4. The summed E-state index contributed by atoms with van der Waals surface area (Å²) >= 11 is 1.29. The molecule has 1 heterocycles. The van der Waals surface area contributed by atoms with Gasteiger partial charge in [-0.25, -0.2) is 4.79 Å². The number of rotatable bonds is 5. The van der Waals surface area contributed by atoms with Gasteiger partial charge in [-0.3, -0.25) is 9.59 Å². The van der Waals surface area contributed by atoms with Gasteiger partial charge in [-0.15, -0.1) is 0 Å². The molecule has 1 aromatic heterocycles. The normalized spacial score (nSPS) is 11.8. The minimum absolute atomic E-state index is 0.321. The highest BCUT2D eigenvalue weighted by molar-refractivity contribution is 7.08. The predicted molar refractivity (Wildman–Crippen MR) is 55.5 cm³/mol. The molecule has 1 unspecified atom stereocenters. The molecule has 0 saturated heterocycles. The molecule has 0 fully saturated rings. The smallest absolute Gasteiger partial charge is 0.326 e. The lowest BCUT2D eigenvalue weighted by Crippen LogP contribution is -2.42. The zero-order valence-corrected chi connectivity index (χ0v) is 8.86. The molecular weight excluding hydrogens is 234 g/mol. The summed E-state index contributed by atoms with van der Waals surface area (Å²) in [6.07, 6.45) is -0.648. The Morgan fingerprint density at radius 1 is 1.38 bits per heavy atom. The van der Waals surface area contributed by atoms with Crippen molar-refractivity contribution in [2.24, 2.45) is 0 Å². The average Bonchev–Trinajstić information content (AvgIpc) is 2.68. The number of thiophene rings is 1. The summed E-state index contributed by atoms with van der Waals surface area (Å²) in [6.45, 7) is 0. The highest BCUT2D eigenvalue weighted by Gasteiger charge is 2.23. The van der Waals surface area contributed by atoms with E-state index in [1.165, 1.54) is 17.4 Å². The van der Waals surface area contributed by atoms with Crippen molar-refractivity contribution in [2.45, 2.75) is 12.5 Å². The van der Waals surface area contributed by atoms with Gasteiger partial charge in [0.05, 0.1) is 12.0 Å². The van der Waals surface area contributed by atoms with E-state index in [1.807, 2.05) is 0 Å². The Balaban J connectivity index is 2.65. The highest BCUT2D eigenvalue weighted by atomic mass is 32.1. The molecule has 7 heteroatoms. The second kappa shape index (κ2) is 5.26. The van der Waals surface area contributed by atoms with Gasteiger partial charge in [-0.1, -0.05) is 0 Å². The van der Waals surface area contributed by atoms with Crippen LogP contribution in [-0.4, -0.2) is 34.1 Å². The monoisotopic (exact) mass is 243 g/mol. The second-order valence-corrected chi connectivity index (χ2v) is 3.75. The zero-order valence-electron chi connectivity index (χ0n) is 8.04. The number of carboxylic acids is 2. The molecule has 1 aromatic rings. The predicted octanol–water partition coefficient (Wildman–Crippen LogP) is 0.406. The fourth-order valence-electron chi connectivity index (χ4n) is 1.01. The number of hydrogen-bond donors (Lipinski definition) is 3. The van der Waals surface area contributed by atoms with Crippen molar-refractivity contribution in [3.05, 3.63) is 22.4 Å². The quantitative estimate of drug-likeness (QED) is 0.694. The Bertz CT molecular complexity index is 400. The Kier molecular flexibility index (Phi) is 4.01. The third-order valence-corrected chi connectivity index (χ3v) is 2.45. The maximum atomic E-state index is 11.4. The first-order valence-electron chi connectivity index (χ1n) is 4.28. The first kappa shape index (κ1) is 12.2. The lowest BCUT2D eigenvalue weighted by molar-refractivity contribution is -0.145. The molecule has 6 nitrogen and oxygen atoms in total. The van der Waals surface area contributed by atoms with Crippen molar-refractivity contribution in [3.8, 4) is 0 Å². The van der Waals surface area contributed by atoms with Gasteiger partial charge in [-0.05, 0) is 11.4 Å². The Hall–Kier alpha value is -1.89. The molecule has 0 aliphatic heterocycles. The van der Waals surface area contributed by atoms with Crippen LogP contribution in [0.4, 0.5) is 0 Å². The van der Waals surface area contributed by atoms with E-state index in [-0.39, 0.29) is 0 Å². The molecule has 0 spiro atoms. The lowest BCUT2D eigenvalue weighted by Gasteiger charge is -2.11. The highest BCUT2D eigenvalue weighted by Crippen LogP contribution is 2.06. The third-order valence-electron chi connectivity index (χ3n) is 1.77. The van der Waals surface area contributed by atoms with Gasteiger partial charge in [0.25, 0.3) is 5.91 Å². The van der Waals surface area contributed by atoms with Crippen LogP contribution in [0, 0.1) is 0 Å². The first-order chi connectivity index (χ1) is 7.50. The molecule has 1 rings (SSSR count). The van der Waals surface area contributed by atoms with Crippen LogP contribution in [0.3, 0.4) is 0 Å². The zero-order chi connectivity index (χ0) is 12.1. The average molecular weight is 243 g/mol. The molecule has 0 radical (unpaired) electrons. The number of carbonyl (C=O) groups excluding carboxylic acids is 1. The van der Waals surface area contributed by atoms with Gasteiger partial charge in [0.15, 0.2) is 0 Å². The van der Waals surface area contributed by atoms with Gasteiger partial charge in [0.1, 0.15) is 6.04 Å². The van der Waals surface area contributed by atoms with Crippen molar-refractivity contribution < 1.29 is 24.6 Å². The van der Waals surface area contributed by atoms with Crippen LogP contribution in [0.1, 0.15) is 16.8 Å². The van der Waals surface area contributed by atoms with E-state index in [9.17, 15) is 14.4 Å². The Morgan fingerprint density at radius 2 is 2.06 bits per heavy atom. The van der Waals surface area contributed by atoms with Crippen LogP contribution < -0.4 is 5.32 Å². The number of aliphatic carboxylic acids is 2. The SMILES string of the molecule is O=C(O)CC(NC(=O)c1ccsc1)C(=O)O. The maximum Gasteiger partial charge on any atom is 0.326 e. The second-order valence-electron chi connectivity index (χ2n) is 2.97. The van der Waals surface area contributed by atoms with Gasteiger partial charge in [0.2, 0.25) is 0 Å². The van der Waals surface area contributed by atoms with Crippen molar-refractivity contribution in [1.82, 2.24) is 5.32 Å². The minimum Gasteiger partial charge on any atom is -0.481 e. The van der Waals surface area contributed by atoms with Crippen molar-refractivity contribution in [2.75, 3.05) is 0 Å². The Morgan fingerprint density at radius 3 is 2.50 bits per heavy atom. The molecule has 0 aromatic carbocycles. The van der Waals surface area contributed by atoms with E-state index in [0.29, 0.717) is 5.56 Å². The molecule has 86 valence electrons. The summed E-state index contributed by atoms with van der Waals surface area (Å²) in [5, 5.41) is 22.5. The maximum absolute atomic E-state index is 11.4. The molecule has 0 saturated carbocycles. The molecule has 1 atom stereocenters. The number of nitrogens with one attached hydrogen (secondary N) is 1. The fraction of sp³-hybridized carbons (Fsp3) is 0.222. The van der Waals surface area contributed by atoms with Crippen LogP contribution in [-0.2, 0) is 9.59 Å². The molecule has 3 N–H and O–H groups in total. The van der Waals surface area contributed by atoms with E-state index in [0.717, 1.165) is 0 Å². The summed E-state index contributed by atoms with van der Waals surface area (Å²) in [4.78, 5) is 32.5. The van der Waals surface area contributed by atoms with Crippen LogP contribution in [0.5, 0.6) is 0 Å². The van der Waals surface area contributed by atoms with Crippen molar-refractivity contribution in [1.29, 1.82) is 0 Å². The summed E-state index contributed by atoms with van der Waals surface area (Å²) in [5.74, 6) is -3.24. The topological polar surface area (TPSA) is 104 Å². The van der Waals surface area contributed by atoms with Crippen molar-refractivity contribution >= 4 is 29.2 Å². The summed E-state index contributed by atoms with van der Waals surface area (Å²) in [6, 6.07) is 0.115. The summed E-state index contributed by atoms with van der Waals surface area (Å²) in [7, 11) is 0. The largest absolute Gasteiger partial charge is 0.481 e. The van der Waals surface area contributed by atoms with Crippen molar-refractivity contribution in [3.63, 3.8) is 0 Å². The summed E-state index contributed by atoms with van der Waals surface area (Å²) in [5.41, 5.74) is 0.321. The lowest BCUT2D eigenvalue weighted by atomic mass is 10.2. The van der Waals surface area contributed by atoms with Gasteiger partial charge in [-0.2, -0.15) is 11.3 Å². The van der Waals surface area contributed by atoms with Gasteiger partial charge >= 0.3 is 11.9 Å². The van der Waals surface area contributed by atoms with Crippen LogP contribution in [0.2, 0.25) is 0 Å². The third kappa shape index (κ3) is 3.35. The van der Waals surface area contributed by atoms with Crippen LogP contribution in [0.25, 0.3) is 0 Å². The van der Waals surface area contributed by atoms with E-state index >= 15 is 0 Å². The molecule has 0 aliphatic rings. The Labute approximate surface area is 94.5 Å². The van der Waals surface area contributed by atoms with E-state index in [1.54, 1.807) is 10.8 Å². The molecule has 1 amide bonds. The number of carboxylic acid groups (broad SMARTS) is 2. The van der Waals surface area contributed by atoms with E-state index in [4.69, 9.17) is 10.2 Å². The van der Waals surface area contributed by atoms with Crippen LogP contribution in [0.15, 0.2) is 16.8 Å². The molecule has 16 heavy (non-hydrogen) atoms. The standard InChI is InChI=1S/C9H9NO5S/c11-7(12)3-6(9(14)15)10-8(13)5-1-2-16-4-5/h1-2,4,6H,3H2,(H,10,13)(H,11,12)(H,14,15). The van der Waals surface area contributed by atoms with Crippen LogP contribution >= 0.6 is 11.3 Å². The summed E-state index contributed by atoms with van der Waals surface area (Å²) < 4.78 is 0. The molecule has 0 aliphatic carbocycles. The molecular formula is C9H9NO5S. The van der Waals surface area contributed by atoms with E-state index < -0.39 is 30.3 Å². The number of carbonyl (C=O) groups is 3. The first-order valence-corrected chi connectivity index (χ1v) is 5.22. The number of amides is 1.